The minimum absolute atomic E-state index is 0.0636. The van der Waals surface area contributed by atoms with Gasteiger partial charge in [-0.3, -0.25) is 4.90 Å². The lowest BCUT2D eigenvalue weighted by molar-refractivity contribution is -0.151. The minimum Gasteiger partial charge on any atom is -0.394 e. The van der Waals surface area contributed by atoms with Crippen LogP contribution in [-0.2, 0) is 18.9 Å². The molecule has 1 atom stereocenters. The van der Waals surface area contributed by atoms with Crippen LogP contribution >= 0.6 is 0 Å². The highest BCUT2D eigenvalue weighted by Crippen LogP contribution is 2.20. The molecule has 6 heteroatoms. The standard InChI is InChI=1S/C14H29NO5/c1-14(2)12-15(10-13(11-16)20-14)4-5-18-8-9-19-7-6-17-3/h13,16H,4-12H2,1-3H3. The van der Waals surface area contributed by atoms with E-state index in [4.69, 9.17) is 18.9 Å². The molecule has 1 aliphatic rings. The highest BCUT2D eigenvalue weighted by atomic mass is 16.5. The number of methoxy groups -OCH3 is 1. The van der Waals surface area contributed by atoms with Gasteiger partial charge in [-0.25, -0.2) is 0 Å². The molecule has 0 amide bonds. The first-order chi connectivity index (χ1) is 9.57. The number of rotatable bonds is 10. The van der Waals surface area contributed by atoms with E-state index in [2.05, 4.69) is 4.90 Å². The molecule has 20 heavy (non-hydrogen) atoms. The van der Waals surface area contributed by atoms with Gasteiger partial charge in [0.2, 0.25) is 0 Å². The van der Waals surface area contributed by atoms with Gasteiger partial charge in [0.1, 0.15) is 0 Å². The third kappa shape index (κ3) is 7.52. The molecular weight excluding hydrogens is 262 g/mol. The first-order valence-corrected chi connectivity index (χ1v) is 7.23. The predicted molar refractivity (Wildman–Crippen MR) is 76.0 cm³/mol. The molecule has 0 saturated carbocycles. The molecular formula is C14H29NO5. The van der Waals surface area contributed by atoms with Crippen LogP contribution in [-0.4, -0.2) is 88.1 Å². The van der Waals surface area contributed by atoms with Gasteiger partial charge >= 0.3 is 0 Å². The first kappa shape index (κ1) is 17.8. The van der Waals surface area contributed by atoms with Crippen LogP contribution in [0.3, 0.4) is 0 Å². The summed E-state index contributed by atoms with van der Waals surface area (Å²) < 4.78 is 21.5. The van der Waals surface area contributed by atoms with Crippen LogP contribution < -0.4 is 0 Å². The summed E-state index contributed by atoms with van der Waals surface area (Å²) in [6, 6.07) is 0. The van der Waals surface area contributed by atoms with E-state index >= 15 is 0 Å². The highest BCUT2D eigenvalue weighted by Gasteiger charge is 2.32. The maximum atomic E-state index is 9.24. The number of morpholine rings is 1. The summed E-state index contributed by atoms with van der Waals surface area (Å²) in [5, 5.41) is 9.24. The third-order valence-electron chi connectivity index (χ3n) is 3.11. The topological polar surface area (TPSA) is 60.4 Å². The average molecular weight is 291 g/mol. The van der Waals surface area contributed by atoms with E-state index < -0.39 is 0 Å². The van der Waals surface area contributed by atoms with Crippen LogP contribution in [0, 0.1) is 0 Å². The molecule has 0 aromatic heterocycles. The van der Waals surface area contributed by atoms with E-state index in [1.165, 1.54) is 0 Å². The monoisotopic (exact) mass is 291 g/mol. The van der Waals surface area contributed by atoms with Gasteiger partial charge in [-0.2, -0.15) is 0 Å². The molecule has 1 saturated heterocycles. The van der Waals surface area contributed by atoms with Crippen LogP contribution in [0.25, 0.3) is 0 Å². The average Bonchev–Trinajstić information content (AvgIpc) is 2.40. The van der Waals surface area contributed by atoms with Crippen LogP contribution in [0.1, 0.15) is 13.8 Å². The second kappa shape index (κ2) is 9.65. The van der Waals surface area contributed by atoms with Crippen LogP contribution in [0.15, 0.2) is 0 Å². The van der Waals surface area contributed by atoms with Crippen molar-refractivity contribution in [1.82, 2.24) is 4.90 Å². The van der Waals surface area contributed by atoms with Gasteiger partial charge in [0.15, 0.2) is 0 Å². The van der Waals surface area contributed by atoms with Crippen molar-refractivity contribution in [2.75, 3.05) is 66.4 Å². The Morgan fingerprint density at radius 3 is 2.45 bits per heavy atom. The number of aliphatic hydroxyl groups is 1. The third-order valence-corrected chi connectivity index (χ3v) is 3.11. The van der Waals surface area contributed by atoms with Gasteiger partial charge in [-0.1, -0.05) is 0 Å². The van der Waals surface area contributed by atoms with Gasteiger partial charge in [0.05, 0.1) is 51.3 Å². The fourth-order valence-electron chi connectivity index (χ4n) is 2.34. The lowest BCUT2D eigenvalue weighted by Crippen LogP contribution is -2.54. The Kier molecular flexibility index (Phi) is 8.60. The number of hydrogen-bond donors (Lipinski definition) is 1. The van der Waals surface area contributed by atoms with Crippen molar-refractivity contribution < 1.29 is 24.1 Å². The minimum atomic E-state index is -0.213. The quantitative estimate of drug-likeness (QED) is 0.578. The SMILES string of the molecule is COCCOCCOCCN1CC(CO)OC(C)(C)C1. The molecule has 0 aliphatic carbocycles. The second-order valence-electron chi connectivity index (χ2n) is 5.63. The predicted octanol–water partition coefficient (Wildman–Crippen LogP) is 0.138. The van der Waals surface area contributed by atoms with E-state index in [9.17, 15) is 5.11 Å². The van der Waals surface area contributed by atoms with Crippen molar-refractivity contribution in [3.63, 3.8) is 0 Å². The fourth-order valence-corrected chi connectivity index (χ4v) is 2.34. The Morgan fingerprint density at radius 2 is 1.80 bits per heavy atom. The molecule has 6 nitrogen and oxygen atoms in total. The molecule has 1 N–H and O–H groups in total. The highest BCUT2D eigenvalue weighted by molar-refractivity contribution is 4.83. The van der Waals surface area contributed by atoms with Gasteiger partial charge < -0.3 is 24.1 Å². The zero-order valence-electron chi connectivity index (χ0n) is 13.0. The Morgan fingerprint density at radius 1 is 1.15 bits per heavy atom. The summed E-state index contributed by atoms with van der Waals surface area (Å²) in [4.78, 5) is 2.27. The van der Waals surface area contributed by atoms with Gasteiger partial charge in [0, 0.05) is 26.7 Å². The lowest BCUT2D eigenvalue weighted by atomic mass is 10.1. The van der Waals surface area contributed by atoms with Crippen molar-refractivity contribution in [2.45, 2.75) is 25.6 Å². The summed E-state index contributed by atoms with van der Waals surface area (Å²) >= 11 is 0. The molecule has 0 bridgehead atoms. The molecule has 1 unspecified atom stereocenters. The van der Waals surface area contributed by atoms with Gasteiger partial charge in [-0.05, 0) is 13.8 Å². The molecule has 0 aromatic rings. The lowest BCUT2D eigenvalue weighted by Gasteiger charge is -2.42. The Balaban J connectivity index is 2.06. The van der Waals surface area contributed by atoms with E-state index in [-0.39, 0.29) is 18.3 Å². The zero-order valence-corrected chi connectivity index (χ0v) is 13.0. The molecule has 1 aliphatic heterocycles. The molecule has 0 spiro atoms. The summed E-state index contributed by atoms with van der Waals surface area (Å²) in [5.41, 5.74) is -0.213. The van der Waals surface area contributed by atoms with E-state index in [1.807, 2.05) is 13.8 Å². The van der Waals surface area contributed by atoms with Crippen LogP contribution in [0.2, 0.25) is 0 Å². The first-order valence-electron chi connectivity index (χ1n) is 7.23. The van der Waals surface area contributed by atoms with Crippen molar-refractivity contribution in [1.29, 1.82) is 0 Å². The number of nitrogens with zero attached hydrogens (tertiary/aromatic N) is 1. The van der Waals surface area contributed by atoms with E-state index in [1.54, 1.807) is 7.11 Å². The molecule has 1 rings (SSSR count). The summed E-state index contributed by atoms with van der Waals surface area (Å²) in [5.74, 6) is 0. The summed E-state index contributed by atoms with van der Waals surface area (Å²) in [7, 11) is 1.66. The number of hydrogen-bond acceptors (Lipinski definition) is 6. The Labute approximate surface area is 121 Å². The van der Waals surface area contributed by atoms with Crippen LogP contribution in [0.4, 0.5) is 0 Å². The van der Waals surface area contributed by atoms with Crippen LogP contribution in [0.5, 0.6) is 0 Å². The fraction of sp³-hybridized carbons (Fsp3) is 1.00. The van der Waals surface area contributed by atoms with Crippen molar-refractivity contribution >= 4 is 0 Å². The molecule has 1 heterocycles. The molecule has 0 aromatic carbocycles. The van der Waals surface area contributed by atoms with Crippen molar-refractivity contribution in [2.24, 2.45) is 0 Å². The summed E-state index contributed by atoms with van der Waals surface area (Å²) in [6.07, 6.45) is -0.101. The molecule has 1 fully saturated rings. The molecule has 0 radical (unpaired) electrons. The van der Waals surface area contributed by atoms with Crippen molar-refractivity contribution in [3.05, 3.63) is 0 Å². The van der Waals surface area contributed by atoms with Crippen molar-refractivity contribution in [3.8, 4) is 0 Å². The van der Waals surface area contributed by atoms with E-state index in [0.717, 1.165) is 19.6 Å². The molecule has 120 valence electrons. The maximum absolute atomic E-state index is 9.24. The normalized spacial score (nSPS) is 23.1. The van der Waals surface area contributed by atoms with E-state index in [0.29, 0.717) is 33.0 Å². The Hall–Kier alpha value is -0.240. The van der Waals surface area contributed by atoms with Gasteiger partial charge in [0.25, 0.3) is 0 Å². The smallest absolute Gasteiger partial charge is 0.0940 e. The summed E-state index contributed by atoms with van der Waals surface area (Å²) in [6.45, 7) is 9.71. The zero-order chi connectivity index (χ0) is 14.8. The Bertz CT molecular complexity index is 250. The maximum Gasteiger partial charge on any atom is 0.0940 e. The number of ether oxygens (including phenoxy) is 4. The largest absolute Gasteiger partial charge is 0.394 e. The number of aliphatic hydroxyl groups excluding tert-OH is 1. The second-order valence-corrected chi connectivity index (χ2v) is 5.63. The van der Waals surface area contributed by atoms with Gasteiger partial charge in [-0.15, -0.1) is 0 Å².